The van der Waals surface area contributed by atoms with E-state index < -0.39 is 28.6 Å². The van der Waals surface area contributed by atoms with Gasteiger partial charge in [0.05, 0.1) is 11.3 Å². The van der Waals surface area contributed by atoms with Gasteiger partial charge in [-0.3, -0.25) is 19.7 Å². The lowest BCUT2D eigenvalue weighted by molar-refractivity contribution is -0.385. The van der Waals surface area contributed by atoms with Crippen molar-refractivity contribution in [2.75, 3.05) is 5.32 Å². The minimum atomic E-state index is -2.15. The molecule has 4 rings (SSSR count). The lowest BCUT2D eigenvalue weighted by atomic mass is 9.87. The fraction of sp³-hybridized carbons (Fsp3) is 0.100. The number of carbonyl (C=O) groups is 2. The average molecular weight is 362 g/mol. The van der Waals surface area contributed by atoms with E-state index >= 15 is 0 Å². The SMILES string of the molecule is O=C(C[C@@]1(O)C(=O)Nc2ccc([N+](=O)[O-])cc21)c1ccc2ccccc2c1. The van der Waals surface area contributed by atoms with Gasteiger partial charge in [0.2, 0.25) is 0 Å². The molecule has 1 aliphatic rings. The summed E-state index contributed by atoms with van der Waals surface area (Å²) >= 11 is 0. The van der Waals surface area contributed by atoms with E-state index in [-0.39, 0.29) is 16.9 Å². The molecule has 0 spiro atoms. The molecule has 1 aliphatic heterocycles. The number of Topliss-reactive ketones (excluding diaryl/α,β-unsaturated/α-hetero) is 1. The molecular weight excluding hydrogens is 348 g/mol. The Kier molecular flexibility index (Phi) is 3.75. The van der Waals surface area contributed by atoms with Gasteiger partial charge in [-0.1, -0.05) is 36.4 Å². The topological polar surface area (TPSA) is 110 Å². The van der Waals surface area contributed by atoms with Crippen LogP contribution < -0.4 is 5.32 Å². The first-order valence-corrected chi connectivity index (χ1v) is 8.23. The van der Waals surface area contributed by atoms with Crippen molar-refractivity contribution in [3.63, 3.8) is 0 Å². The Morgan fingerprint density at radius 1 is 1.07 bits per heavy atom. The summed E-state index contributed by atoms with van der Waals surface area (Å²) in [7, 11) is 0. The number of fused-ring (bicyclic) bond motifs is 2. The number of hydrogen-bond acceptors (Lipinski definition) is 5. The molecule has 27 heavy (non-hydrogen) atoms. The third kappa shape index (κ3) is 2.74. The fourth-order valence-corrected chi connectivity index (χ4v) is 3.32. The van der Waals surface area contributed by atoms with Crippen LogP contribution in [0.4, 0.5) is 11.4 Å². The van der Waals surface area contributed by atoms with E-state index in [0.717, 1.165) is 16.8 Å². The van der Waals surface area contributed by atoms with Gasteiger partial charge >= 0.3 is 0 Å². The van der Waals surface area contributed by atoms with E-state index in [4.69, 9.17) is 0 Å². The first-order valence-electron chi connectivity index (χ1n) is 8.23. The Labute approximate surface area is 153 Å². The molecule has 0 fully saturated rings. The van der Waals surface area contributed by atoms with Gasteiger partial charge in [-0.05, 0) is 22.9 Å². The second kappa shape index (κ2) is 6.00. The quantitative estimate of drug-likeness (QED) is 0.421. The molecule has 1 amide bonds. The molecule has 0 saturated carbocycles. The Morgan fingerprint density at radius 3 is 2.56 bits per heavy atom. The number of aliphatic hydroxyl groups is 1. The van der Waals surface area contributed by atoms with Gasteiger partial charge in [0.25, 0.3) is 11.6 Å². The number of benzene rings is 3. The number of hydrogen-bond donors (Lipinski definition) is 2. The molecule has 0 aliphatic carbocycles. The maximum Gasteiger partial charge on any atom is 0.269 e. The number of nitrogens with zero attached hydrogens (tertiary/aromatic N) is 1. The van der Waals surface area contributed by atoms with Crippen molar-refractivity contribution in [3.05, 3.63) is 81.9 Å². The Balaban J connectivity index is 1.70. The molecule has 7 nitrogen and oxygen atoms in total. The zero-order chi connectivity index (χ0) is 19.2. The first-order chi connectivity index (χ1) is 12.9. The summed E-state index contributed by atoms with van der Waals surface area (Å²) in [5.41, 5.74) is -1.75. The Bertz CT molecular complexity index is 1120. The van der Waals surface area contributed by atoms with Crippen molar-refractivity contribution in [1.82, 2.24) is 0 Å². The maximum absolute atomic E-state index is 12.7. The largest absolute Gasteiger partial charge is 0.375 e. The number of ketones is 1. The van der Waals surface area contributed by atoms with Crippen LogP contribution in [-0.4, -0.2) is 21.7 Å². The van der Waals surface area contributed by atoms with Crippen LogP contribution in [0.1, 0.15) is 22.3 Å². The van der Waals surface area contributed by atoms with Crippen LogP contribution in [0, 0.1) is 10.1 Å². The highest BCUT2D eigenvalue weighted by Crippen LogP contribution is 2.41. The Hall–Kier alpha value is -3.58. The lowest BCUT2D eigenvalue weighted by Gasteiger charge is -2.20. The smallest absolute Gasteiger partial charge is 0.269 e. The monoisotopic (exact) mass is 362 g/mol. The second-order valence-electron chi connectivity index (χ2n) is 6.46. The fourth-order valence-electron chi connectivity index (χ4n) is 3.32. The number of rotatable bonds is 4. The van der Waals surface area contributed by atoms with Gasteiger partial charge in [0, 0.05) is 28.9 Å². The zero-order valence-corrected chi connectivity index (χ0v) is 14.0. The second-order valence-corrected chi connectivity index (χ2v) is 6.46. The standard InChI is InChI=1S/C20H14N2O5/c23-18(14-6-5-12-3-1-2-4-13(12)9-14)11-20(25)16-10-15(22(26)27)7-8-17(16)21-19(20)24/h1-10,25H,11H2,(H,21,24)/t20-/m0/s1. The molecule has 0 saturated heterocycles. The highest BCUT2D eigenvalue weighted by Gasteiger charge is 2.47. The lowest BCUT2D eigenvalue weighted by Crippen LogP contribution is -2.36. The van der Waals surface area contributed by atoms with Crippen molar-refractivity contribution in [3.8, 4) is 0 Å². The van der Waals surface area contributed by atoms with E-state index in [1.54, 1.807) is 18.2 Å². The number of anilines is 1. The normalized spacial score (nSPS) is 18.2. The third-order valence-electron chi connectivity index (χ3n) is 4.77. The van der Waals surface area contributed by atoms with Gasteiger partial charge in [-0.2, -0.15) is 0 Å². The highest BCUT2D eigenvalue weighted by atomic mass is 16.6. The molecule has 0 unspecified atom stereocenters. The molecule has 3 aromatic rings. The van der Waals surface area contributed by atoms with Crippen LogP contribution in [0.2, 0.25) is 0 Å². The summed E-state index contributed by atoms with van der Waals surface area (Å²) in [6.45, 7) is 0. The van der Waals surface area contributed by atoms with Crippen LogP contribution in [-0.2, 0) is 10.4 Å². The summed E-state index contributed by atoms with van der Waals surface area (Å²) in [6.07, 6.45) is -0.509. The number of nitro groups is 1. The van der Waals surface area contributed by atoms with Gasteiger partial charge in [0.15, 0.2) is 11.4 Å². The summed E-state index contributed by atoms with van der Waals surface area (Å²) in [5, 5.41) is 26.2. The molecule has 134 valence electrons. The molecule has 1 heterocycles. The van der Waals surface area contributed by atoms with E-state index in [1.165, 1.54) is 12.1 Å². The minimum Gasteiger partial charge on any atom is -0.375 e. The van der Waals surface area contributed by atoms with Crippen LogP contribution in [0.15, 0.2) is 60.7 Å². The average Bonchev–Trinajstić information content (AvgIpc) is 2.91. The van der Waals surface area contributed by atoms with Crippen molar-refractivity contribution < 1.29 is 19.6 Å². The van der Waals surface area contributed by atoms with E-state index in [0.29, 0.717) is 5.56 Å². The van der Waals surface area contributed by atoms with Crippen LogP contribution in [0.25, 0.3) is 10.8 Å². The molecule has 3 aromatic carbocycles. The van der Waals surface area contributed by atoms with Crippen LogP contribution in [0.5, 0.6) is 0 Å². The highest BCUT2D eigenvalue weighted by molar-refractivity contribution is 6.10. The number of non-ortho nitro benzene ring substituents is 1. The molecule has 1 atom stereocenters. The number of nitrogens with one attached hydrogen (secondary N) is 1. The summed E-state index contributed by atoms with van der Waals surface area (Å²) < 4.78 is 0. The predicted octanol–water partition coefficient (Wildman–Crippen LogP) is 3.16. The van der Waals surface area contributed by atoms with Gasteiger partial charge in [0.1, 0.15) is 0 Å². The summed E-state index contributed by atoms with van der Waals surface area (Å²) in [4.78, 5) is 35.5. The van der Waals surface area contributed by atoms with Crippen LogP contribution in [0.3, 0.4) is 0 Å². The first kappa shape index (κ1) is 16.9. The van der Waals surface area contributed by atoms with Crippen molar-refractivity contribution in [2.45, 2.75) is 12.0 Å². The number of amides is 1. The number of nitro benzene ring substituents is 1. The predicted molar refractivity (Wildman–Crippen MR) is 98.5 cm³/mol. The number of carbonyl (C=O) groups excluding carboxylic acids is 2. The van der Waals surface area contributed by atoms with Crippen LogP contribution >= 0.6 is 0 Å². The van der Waals surface area contributed by atoms with Crippen molar-refractivity contribution in [2.24, 2.45) is 0 Å². The summed E-state index contributed by atoms with van der Waals surface area (Å²) in [5.74, 6) is -1.20. The minimum absolute atomic E-state index is 0.0378. The third-order valence-corrected chi connectivity index (χ3v) is 4.77. The van der Waals surface area contributed by atoms with Gasteiger partial charge in [-0.25, -0.2) is 0 Å². The van der Waals surface area contributed by atoms with E-state index in [9.17, 15) is 24.8 Å². The molecule has 0 aromatic heterocycles. The molecule has 7 heteroatoms. The molecule has 2 N–H and O–H groups in total. The maximum atomic E-state index is 12.7. The zero-order valence-electron chi connectivity index (χ0n) is 14.0. The van der Waals surface area contributed by atoms with E-state index in [1.807, 2.05) is 24.3 Å². The van der Waals surface area contributed by atoms with Crippen molar-refractivity contribution >= 4 is 33.8 Å². The Morgan fingerprint density at radius 2 is 1.81 bits per heavy atom. The van der Waals surface area contributed by atoms with Gasteiger partial charge < -0.3 is 10.4 Å². The van der Waals surface area contributed by atoms with E-state index in [2.05, 4.69) is 5.32 Å². The summed E-state index contributed by atoms with van der Waals surface area (Å²) in [6, 6.07) is 16.3. The molecular formula is C20H14N2O5. The molecule has 0 radical (unpaired) electrons. The van der Waals surface area contributed by atoms with Gasteiger partial charge in [-0.15, -0.1) is 0 Å². The molecule has 0 bridgehead atoms. The van der Waals surface area contributed by atoms with Crippen molar-refractivity contribution in [1.29, 1.82) is 0 Å².